The van der Waals surface area contributed by atoms with Crippen molar-refractivity contribution >= 4 is 55.1 Å². The van der Waals surface area contributed by atoms with Gasteiger partial charge in [-0.3, -0.25) is 19.1 Å². The number of nitrogens with one attached hydrogen (secondary N) is 3. The van der Waals surface area contributed by atoms with E-state index < -0.39 is 56.2 Å². The zero-order valence-electron chi connectivity index (χ0n) is 34.8. The molecule has 8 rings (SSSR count). The van der Waals surface area contributed by atoms with E-state index in [4.69, 9.17) is 19.4 Å². The van der Waals surface area contributed by atoms with E-state index >= 15 is 0 Å². The summed E-state index contributed by atoms with van der Waals surface area (Å²) in [4.78, 5) is 55.1. The molecule has 1 saturated heterocycles. The predicted octanol–water partition coefficient (Wildman–Crippen LogP) is 6.89. The largest absolute Gasteiger partial charge is 0.497 e. The van der Waals surface area contributed by atoms with Crippen LogP contribution in [0.2, 0.25) is 0 Å². The fourth-order valence-corrected chi connectivity index (χ4v) is 10.4. The van der Waals surface area contributed by atoms with Crippen LogP contribution in [0.1, 0.15) is 91.2 Å². The van der Waals surface area contributed by atoms with Crippen LogP contribution in [0.25, 0.3) is 22.2 Å². The van der Waals surface area contributed by atoms with Crippen LogP contribution in [0.3, 0.4) is 0 Å². The Bertz CT molecular complexity index is 2430. The highest BCUT2D eigenvalue weighted by Crippen LogP contribution is 2.48. The maximum atomic E-state index is 15.0. The maximum absolute atomic E-state index is 15.0. The summed E-state index contributed by atoms with van der Waals surface area (Å²) in [6, 6.07) is 15.5. The van der Waals surface area contributed by atoms with Crippen LogP contribution in [0, 0.1) is 5.92 Å². The number of sulfonamides is 1. The molecule has 0 spiro atoms. The third-order valence-corrected chi connectivity index (χ3v) is 15.3. The van der Waals surface area contributed by atoms with Gasteiger partial charge in [0.2, 0.25) is 21.8 Å². The zero-order chi connectivity index (χ0) is 42.5. The lowest BCUT2D eigenvalue weighted by Gasteiger charge is -2.30. The van der Waals surface area contributed by atoms with Crippen molar-refractivity contribution in [2.45, 2.75) is 119 Å². The van der Waals surface area contributed by atoms with E-state index in [0.717, 1.165) is 42.3 Å². The minimum absolute atomic E-state index is 0.0934. The Kier molecular flexibility index (Phi) is 11.2. The quantitative estimate of drug-likeness (QED) is 0.151. The van der Waals surface area contributed by atoms with Crippen LogP contribution >= 0.6 is 11.3 Å². The normalized spacial score (nSPS) is 26.1. The number of ether oxygens (including phenoxy) is 2. The molecule has 13 nitrogen and oxygen atoms in total. The Hall–Kier alpha value is -5.02. The van der Waals surface area contributed by atoms with Gasteiger partial charge in [0.1, 0.15) is 35.2 Å². The SMILES string of the molecule is COc1ccc2c(O[C@@H]3C[C@H]4C(=O)N[C@]5(C(=O)NS(=O)(=O)C6(C)CC6)C[C@@H]5/C=C\CCCCC[C@H](Nc5nc(C(C)(C)C)cs5)C(=O)N4C3)cc(-c3ccccc3)nc2c1. The summed E-state index contributed by atoms with van der Waals surface area (Å²) in [5, 5.41) is 9.79. The van der Waals surface area contributed by atoms with Crippen LogP contribution in [0.15, 0.2) is 72.1 Å². The van der Waals surface area contributed by atoms with Crippen molar-refractivity contribution in [3.63, 3.8) is 0 Å². The van der Waals surface area contributed by atoms with E-state index in [1.807, 2.05) is 72.1 Å². The van der Waals surface area contributed by atoms with Gasteiger partial charge in [-0.2, -0.15) is 0 Å². The molecule has 0 radical (unpaired) electrons. The smallest absolute Gasteiger partial charge is 0.259 e. The molecule has 2 aromatic heterocycles. The second kappa shape index (κ2) is 16.1. The number of rotatable bonds is 9. The third-order valence-electron chi connectivity index (χ3n) is 12.4. The standard InChI is InChI=1S/C45H54N6O7S2/c1-43(2,3)38-27-59-42(48-38)47-33-17-13-8-6-7-12-16-29-25-45(29,41(54)50-60(55,56)44(4)20-21-44)49-39(52)36-23-31(26-51(36)40(33)53)58-37-24-34(28-14-10-9-11-15-28)46-35-22-30(57-5)18-19-32(35)37/h9-12,14-16,18-19,22,24,27,29,31,33,36H,6-8,13,17,20-21,23,25-26H2,1-5H3,(H,47,48)(H,49,52)(H,50,54)/b16-12-/t29-,31+,33-,36-,45+/m0/s1. The first-order valence-corrected chi connectivity index (χ1v) is 23.2. The highest BCUT2D eigenvalue weighted by molar-refractivity contribution is 7.91. The van der Waals surface area contributed by atoms with E-state index in [-0.39, 0.29) is 30.7 Å². The summed E-state index contributed by atoms with van der Waals surface area (Å²) < 4.78 is 40.2. The summed E-state index contributed by atoms with van der Waals surface area (Å²) in [5.74, 6) is -0.792. The summed E-state index contributed by atoms with van der Waals surface area (Å²) in [6.45, 7) is 7.98. The molecular weight excluding hydrogens is 801 g/mol. The predicted molar refractivity (Wildman–Crippen MR) is 232 cm³/mol. The zero-order valence-corrected chi connectivity index (χ0v) is 36.5. The second-order valence-corrected chi connectivity index (χ2v) is 21.0. The molecule has 0 unspecified atom stereocenters. The van der Waals surface area contributed by atoms with Crippen molar-refractivity contribution in [2.75, 3.05) is 19.0 Å². The van der Waals surface area contributed by atoms with Crippen LogP contribution in [-0.4, -0.2) is 83.1 Å². The van der Waals surface area contributed by atoms with Gasteiger partial charge in [-0.15, -0.1) is 11.3 Å². The summed E-state index contributed by atoms with van der Waals surface area (Å²) in [6.07, 6.45) is 8.37. The average Bonchev–Trinajstić information content (AvgIpc) is 4.00. The molecule has 2 aliphatic heterocycles. The van der Waals surface area contributed by atoms with Gasteiger partial charge in [-0.25, -0.2) is 18.4 Å². The third kappa shape index (κ3) is 8.47. The van der Waals surface area contributed by atoms with Crippen molar-refractivity contribution < 1.29 is 32.3 Å². The number of pyridine rings is 1. The van der Waals surface area contributed by atoms with Gasteiger partial charge < -0.3 is 25.0 Å². The van der Waals surface area contributed by atoms with Crippen LogP contribution in [0.5, 0.6) is 11.5 Å². The van der Waals surface area contributed by atoms with Crippen molar-refractivity contribution in [1.82, 2.24) is 24.9 Å². The van der Waals surface area contributed by atoms with Gasteiger partial charge in [0.15, 0.2) is 5.13 Å². The Morgan fingerprint density at radius 3 is 2.53 bits per heavy atom. The first kappa shape index (κ1) is 41.7. The summed E-state index contributed by atoms with van der Waals surface area (Å²) in [7, 11) is -2.38. The number of methoxy groups -OCH3 is 1. The van der Waals surface area contributed by atoms with Gasteiger partial charge in [0.25, 0.3) is 5.91 Å². The van der Waals surface area contributed by atoms with Gasteiger partial charge in [-0.05, 0) is 57.6 Å². The minimum Gasteiger partial charge on any atom is -0.497 e. The van der Waals surface area contributed by atoms with E-state index in [9.17, 15) is 22.8 Å². The van der Waals surface area contributed by atoms with Crippen LogP contribution in [0.4, 0.5) is 5.13 Å². The van der Waals surface area contributed by atoms with Crippen LogP contribution < -0.4 is 24.8 Å². The number of nitrogens with zero attached hydrogens (tertiary/aromatic N) is 3. The number of hydrogen-bond acceptors (Lipinski definition) is 11. The second-order valence-electron chi connectivity index (χ2n) is 17.9. The fourth-order valence-electron chi connectivity index (χ4n) is 8.12. The molecule has 4 aliphatic rings. The molecular formula is C45H54N6O7S2. The number of fused-ring (bicyclic) bond motifs is 3. The molecule has 2 aromatic carbocycles. The Morgan fingerprint density at radius 2 is 1.82 bits per heavy atom. The van der Waals surface area contributed by atoms with Gasteiger partial charge in [0.05, 0.1) is 35.3 Å². The number of aromatic nitrogens is 2. The molecule has 3 amide bonds. The molecule has 4 aromatic rings. The lowest BCUT2D eigenvalue weighted by Crippen LogP contribution is -2.58. The van der Waals surface area contributed by atoms with E-state index in [1.165, 1.54) is 11.3 Å². The number of benzene rings is 2. The monoisotopic (exact) mass is 854 g/mol. The average molecular weight is 855 g/mol. The number of allylic oxidation sites excluding steroid dienone is 1. The number of carbonyl (C=O) groups is 3. The van der Waals surface area contributed by atoms with Crippen molar-refractivity contribution in [3.8, 4) is 22.8 Å². The first-order valence-electron chi connectivity index (χ1n) is 20.9. The molecule has 4 heterocycles. The number of amides is 3. The molecule has 60 heavy (non-hydrogen) atoms. The van der Waals surface area contributed by atoms with Crippen molar-refractivity contribution in [3.05, 3.63) is 77.8 Å². The molecule has 2 saturated carbocycles. The van der Waals surface area contributed by atoms with Crippen LogP contribution in [-0.2, 0) is 29.8 Å². The van der Waals surface area contributed by atoms with E-state index in [1.54, 1.807) is 18.9 Å². The highest BCUT2D eigenvalue weighted by atomic mass is 32.2. The Morgan fingerprint density at radius 1 is 1.03 bits per heavy atom. The number of hydrogen-bond donors (Lipinski definition) is 3. The Balaban J connectivity index is 1.14. The number of carbonyl (C=O) groups excluding carboxylic acids is 3. The lowest BCUT2D eigenvalue weighted by molar-refractivity contribution is -0.140. The fraction of sp³-hybridized carbons (Fsp3) is 0.489. The molecule has 3 fully saturated rings. The van der Waals surface area contributed by atoms with E-state index in [0.29, 0.717) is 47.1 Å². The lowest BCUT2D eigenvalue weighted by atomic mass is 9.93. The molecule has 318 valence electrons. The summed E-state index contributed by atoms with van der Waals surface area (Å²) >= 11 is 1.45. The van der Waals surface area contributed by atoms with E-state index in [2.05, 4.69) is 36.1 Å². The minimum atomic E-state index is -3.98. The highest BCUT2D eigenvalue weighted by Gasteiger charge is 2.63. The molecule has 0 bridgehead atoms. The number of anilines is 1. The molecule has 15 heteroatoms. The van der Waals surface area contributed by atoms with Gasteiger partial charge >= 0.3 is 0 Å². The first-order chi connectivity index (χ1) is 28.6. The van der Waals surface area contributed by atoms with Crippen molar-refractivity contribution in [2.24, 2.45) is 5.92 Å². The molecule has 2 aliphatic carbocycles. The number of thiazole rings is 1. The molecule has 5 atom stereocenters. The topological polar surface area (TPSA) is 169 Å². The van der Waals surface area contributed by atoms with Gasteiger partial charge in [-0.1, -0.05) is 76.1 Å². The molecule has 3 N–H and O–H groups in total. The maximum Gasteiger partial charge on any atom is 0.259 e. The van der Waals surface area contributed by atoms with Gasteiger partial charge in [0, 0.05) is 46.2 Å². The van der Waals surface area contributed by atoms with Crippen molar-refractivity contribution in [1.29, 1.82) is 0 Å². The summed E-state index contributed by atoms with van der Waals surface area (Å²) in [5.41, 5.74) is 1.49. The Labute approximate surface area is 355 Å².